The lowest BCUT2D eigenvalue weighted by Gasteiger charge is -2.31. The van der Waals surface area contributed by atoms with Gasteiger partial charge in [-0.3, -0.25) is 4.79 Å². The third-order valence-corrected chi connectivity index (χ3v) is 8.50. The Bertz CT molecular complexity index is 1220. The standard InChI is InChI=1S/C23H21F3N2O3S2/c24-17-5-3-15(4-6-17)22(21-2-1-13-32-21)27-23(29)16-9-11-28(12-10-16)33(30,31)18-7-8-19(25)20(26)14-18/h1-8,13-14,16,22H,9-12H2,(H,27,29)/t22-/m0/s1. The molecule has 1 saturated heterocycles. The van der Waals surface area contributed by atoms with Crippen molar-refractivity contribution in [2.24, 2.45) is 5.92 Å². The first-order valence-electron chi connectivity index (χ1n) is 10.3. The van der Waals surface area contributed by atoms with E-state index in [1.165, 1.54) is 27.8 Å². The van der Waals surface area contributed by atoms with E-state index < -0.39 is 33.6 Å². The molecule has 1 aliphatic rings. The van der Waals surface area contributed by atoms with Crippen LogP contribution in [0.1, 0.15) is 29.3 Å². The Morgan fingerprint density at radius 1 is 1.00 bits per heavy atom. The minimum Gasteiger partial charge on any atom is -0.344 e. The number of hydrogen-bond donors (Lipinski definition) is 1. The van der Waals surface area contributed by atoms with Gasteiger partial charge >= 0.3 is 0 Å². The molecule has 5 nitrogen and oxygen atoms in total. The molecule has 2 aromatic carbocycles. The molecule has 0 unspecified atom stereocenters. The van der Waals surface area contributed by atoms with Crippen LogP contribution in [-0.4, -0.2) is 31.7 Å². The van der Waals surface area contributed by atoms with Gasteiger partial charge in [-0.1, -0.05) is 18.2 Å². The Labute approximate surface area is 193 Å². The topological polar surface area (TPSA) is 66.5 Å². The molecule has 1 aromatic heterocycles. The second kappa shape index (κ2) is 9.66. The van der Waals surface area contributed by atoms with Crippen LogP contribution in [0, 0.1) is 23.4 Å². The lowest BCUT2D eigenvalue weighted by molar-refractivity contribution is -0.126. The number of hydrogen-bond acceptors (Lipinski definition) is 4. The van der Waals surface area contributed by atoms with Crippen LogP contribution in [0.15, 0.2) is 64.9 Å². The van der Waals surface area contributed by atoms with Crippen molar-refractivity contribution in [1.29, 1.82) is 0 Å². The summed E-state index contributed by atoms with van der Waals surface area (Å²) in [4.78, 5) is 13.6. The molecule has 3 aromatic rings. The van der Waals surface area contributed by atoms with Crippen molar-refractivity contribution in [3.8, 4) is 0 Å². The maximum absolute atomic E-state index is 13.5. The van der Waals surface area contributed by atoms with E-state index in [2.05, 4.69) is 5.32 Å². The highest BCUT2D eigenvalue weighted by Gasteiger charge is 2.33. The molecule has 2 heterocycles. The van der Waals surface area contributed by atoms with E-state index in [0.29, 0.717) is 6.07 Å². The van der Waals surface area contributed by atoms with E-state index in [4.69, 9.17) is 0 Å². The molecule has 10 heteroatoms. The van der Waals surface area contributed by atoms with Gasteiger partial charge in [-0.2, -0.15) is 4.31 Å². The molecule has 1 atom stereocenters. The number of piperidine rings is 1. The van der Waals surface area contributed by atoms with Crippen LogP contribution < -0.4 is 5.32 Å². The van der Waals surface area contributed by atoms with Gasteiger partial charge in [-0.15, -0.1) is 11.3 Å². The van der Waals surface area contributed by atoms with Crippen molar-refractivity contribution >= 4 is 27.3 Å². The van der Waals surface area contributed by atoms with Crippen molar-refractivity contribution in [3.05, 3.63) is 87.9 Å². The van der Waals surface area contributed by atoms with Crippen molar-refractivity contribution < 1.29 is 26.4 Å². The van der Waals surface area contributed by atoms with E-state index in [-0.39, 0.29) is 42.6 Å². The smallest absolute Gasteiger partial charge is 0.243 e. The van der Waals surface area contributed by atoms with Gasteiger partial charge in [0.15, 0.2) is 11.6 Å². The number of rotatable bonds is 6. The number of thiophene rings is 1. The third kappa shape index (κ3) is 5.13. The van der Waals surface area contributed by atoms with E-state index >= 15 is 0 Å². The first kappa shape index (κ1) is 23.5. The van der Waals surface area contributed by atoms with Gasteiger partial charge in [-0.05, 0) is 60.2 Å². The van der Waals surface area contributed by atoms with Crippen molar-refractivity contribution in [3.63, 3.8) is 0 Å². The fourth-order valence-electron chi connectivity index (χ4n) is 3.83. The number of nitrogens with zero attached hydrogens (tertiary/aromatic N) is 1. The molecule has 1 fully saturated rings. The number of nitrogens with one attached hydrogen (secondary N) is 1. The van der Waals surface area contributed by atoms with E-state index in [9.17, 15) is 26.4 Å². The fraction of sp³-hybridized carbons (Fsp3) is 0.261. The van der Waals surface area contributed by atoms with E-state index in [1.807, 2.05) is 17.5 Å². The van der Waals surface area contributed by atoms with Crippen LogP contribution in [0.5, 0.6) is 0 Å². The zero-order valence-electron chi connectivity index (χ0n) is 17.4. The summed E-state index contributed by atoms with van der Waals surface area (Å²) < 4.78 is 66.8. The van der Waals surface area contributed by atoms with Crippen LogP contribution in [0.2, 0.25) is 0 Å². The van der Waals surface area contributed by atoms with Gasteiger partial charge in [0.1, 0.15) is 5.82 Å². The lowest BCUT2D eigenvalue weighted by atomic mass is 9.96. The lowest BCUT2D eigenvalue weighted by Crippen LogP contribution is -2.43. The number of benzene rings is 2. The second-order valence-corrected chi connectivity index (χ2v) is 10.7. The number of carbonyl (C=O) groups is 1. The Kier molecular flexibility index (Phi) is 6.87. The first-order valence-corrected chi connectivity index (χ1v) is 12.6. The summed E-state index contributed by atoms with van der Waals surface area (Å²) >= 11 is 1.47. The Morgan fingerprint density at radius 3 is 2.30 bits per heavy atom. The van der Waals surface area contributed by atoms with Crippen LogP contribution in [0.4, 0.5) is 13.2 Å². The SMILES string of the molecule is O=C(N[C@@H](c1ccc(F)cc1)c1cccs1)C1CCN(S(=O)(=O)c2ccc(F)c(F)c2)CC1. The van der Waals surface area contributed by atoms with Crippen LogP contribution >= 0.6 is 11.3 Å². The van der Waals surface area contributed by atoms with Crippen molar-refractivity contribution in [1.82, 2.24) is 9.62 Å². The summed E-state index contributed by atoms with van der Waals surface area (Å²) in [7, 11) is -3.99. The zero-order valence-corrected chi connectivity index (χ0v) is 19.0. The Balaban J connectivity index is 1.44. The van der Waals surface area contributed by atoms with E-state index in [1.54, 1.807) is 12.1 Å². The normalized spacial score (nSPS) is 16.5. The second-order valence-electron chi connectivity index (χ2n) is 7.76. The highest BCUT2D eigenvalue weighted by Crippen LogP contribution is 2.29. The molecule has 1 amide bonds. The monoisotopic (exact) mass is 494 g/mol. The summed E-state index contributed by atoms with van der Waals surface area (Å²) in [6.07, 6.45) is 0.574. The summed E-state index contributed by atoms with van der Waals surface area (Å²) in [5, 5.41) is 4.90. The summed E-state index contributed by atoms with van der Waals surface area (Å²) in [6.45, 7) is 0.166. The maximum Gasteiger partial charge on any atom is 0.243 e. The van der Waals surface area contributed by atoms with Gasteiger partial charge in [0.25, 0.3) is 0 Å². The van der Waals surface area contributed by atoms with Gasteiger partial charge in [-0.25, -0.2) is 21.6 Å². The molecule has 0 aliphatic carbocycles. The van der Waals surface area contributed by atoms with Crippen LogP contribution in [0.3, 0.4) is 0 Å². The molecule has 0 radical (unpaired) electrons. The Hall–Kier alpha value is -2.69. The molecule has 0 spiro atoms. The van der Waals surface area contributed by atoms with Gasteiger partial charge in [0.05, 0.1) is 10.9 Å². The zero-order chi connectivity index (χ0) is 23.6. The average Bonchev–Trinajstić information content (AvgIpc) is 3.34. The predicted octanol–water partition coefficient (Wildman–Crippen LogP) is 4.47. The molecular weight excluding hydrogens is 473 g/mol. The van der Waals surface area contributed by atoms with Crippen molar-refractivity contribution in [2.75, 3.05) is 13.1 Å². The minimum absolute atomic E-state index is 0.0830. The molecule has 33 heavy (non-hydrogen) atoms. The quantitative estimate of drug-likeness (QED) is 0.550. The fourth-order valence-corrected chi connectivity index (χ4v) is 6.12. The van der Waals surface area contributed by atoms with Gasteiger partial charge in [0, 0.05) is 23.9 Å². The summed E-state index contributed by atoms with van der Waals surface area (Å²) in [5.41, 5.74) is 0.741. The molecule has 0 saturated carbocycles. The predicted molar refractivity (Wildman–Crippen MR) is 119 cm³/mol. The molecular formula is C23H21F3N2O3S2. The molecule has 0 bridgehead atoms. The van der Waals surface area contributed by atoms with Crippen LogP contribution in [0.25, 0.3) is 0 Å². The van der Waals surface area contributed by atoms with Gasteiger partial charge < -0.3 is 5.32 Å². The van der Waals surface area contributed by atoms with Crippen LogP contribution in [-0.2, 0) is 14.8 Å². The number of halogens is 3. The summed E-state index contributed by atoms with van der Waals surface area (Å²) in [5.74, 6) is -3.35. The average molecular weight is 495 g/mol. The van der Waals surface area contributed by atoms with Gasteiger partial charge in [0.2, 0.25) is 15.9 Å². The highest BCUT2D eigenvalue weighted by molar-refractivity contribution is 7.89. The summed E-state index contributed by atoms with van der Waals surface area (Å²) in [6, 6.07) is 11.7. The van der Waals surface area contributed by atoms with E-state index in [0.717, 1.165) is 22.6 Å². The third-order valence-electron chi connectivity index (χ3n) is 5.67. The molecule has 174 valence electrons. The number of carbonyl (C=O) groups excluding carboxylic acids is 1. The number of amides is 1. The Morgan fingerprint density at radius 2 is 1.70 bits per heavy atom. The first-order chi connectivity index (χ1) is 15.8. The molecule has 4 rings (SSSR count). The largest absolute Gasteiger partial charge is 0.344 e. The number of sulfonamides is 1. The highest BCUT2D eigenvalue weighted by atomic mass is 32.2. The maximum atomic E-state index is 13.5. The molecule has 1 N–H and O–H groups in total. The molecule has 1 aliphatic heterocycles. The minimum atomic E-state index is -3.99. The van der Waals surface area contributed by atoms with Crippen molar-refractivity contribution in [2.45, 2.75) is 23.8 Å².